The molecule has 0 spiro atoms. The third kappa shape index (κ3) is 3.96. The van der Waals surface area contributed by atoms with Gasteiger partial charge in [0.2, 0.25) is 0 Å². The minimum atomic E-state index is 0.323. The molecule has 0 amide bonds. The van der Waals surface area contributed by atoms with Gasteiger partial charge < -0.3 is 10.5 Å². The van der Waals surface area contributed by atoms with E-state index in [4.69, 9.17) is 22.5 Å². The van der Waals surface area contributed by atoms with Gasteiger partial charge in [0, 0.05) is 5.56 Å². The molecular formula is C11H13ClN2OS2. The molecule has 0 saturated carbocycles. The highest BCUT2D eigenvalue weighted by Crippen LogP contribution is 2.32. The third-order valence-electron chi connectivity index (χ3n) is 2.02. The number of hydrogen-bond donors (Lipinski definition) is 2. The van der Waals surface area contributed by atoms with Gasteiger partial charge in [-0.15, -0.1) is 11.8 Å². The van der Waals surface area contributed by atoms with Gasteiger partial charge in [-0.25, -0.2) is 0 Å². The molecule has 1 rings (SSSR count). The third-order valence-corrected chi connectivity index (χ3v) is 4.20. The average Bonchev–Trinajstić information content (AvgIpc) is 2.29. The molecular weight excluding hydrogens is 276 g/mol. The van der Waals surface area contributed by atoms with E-state index < -0.39 is 0 Å². The van der Waals surface area contributed by atoms with Crippen molar-refractivity contribution in [2.75, 3.05) is 5.75 Å². The molecule has 3 nitrogen and oxygen atoms in total. The predicted molar refractivity (Wildman–Crippen MR) is 77.6 cm³/mol. The van der Waals surface area contributed by atoms with Crippen molar-refractivity contribution in [3.63, 3.8) is 0 Å². The first-order valence-electron chi connectivity index (χ1n) is 4.79. The summed E-state index contributed by atoms with van der Waals surface area (Å²) < 4.78 is 0.697. The fourth-order valence-corrected chi connectivity index (χ4v) is 2.77. The lowest BCUT2D eigenvalue weighted by Crippen LogP contribution is -2.01. The SMILES string of the molecule is Cc1ccc(/C(N)=C(/SN)SCC=O)c(Cl)c1. The van der Waals surface area contributed by atoms with Crippen LogP contribution in [-0.4, -0.2) is 12.0 Å². The molecule has 0 fully saturated rings. The minimum absolute atomic E-state index is 0.323. The molecule has 0 radical (unpaired) electrons. The zero-order valence-electron chi connectivity index (χ0n) is 9.27. The Kier molecular flexibility index (Phi) is 5.91. The summed E-state index contributed by atoms with van der Waals surface area (Å²) in [5.41, 5.74) is 8.31. The second-order valence-electron chi connectivity index (χ2n) is 3.28. The first kappa shape index (κ1) is 14.4. The molecule has 0 bridgehead atoms. The van der Waals surface area contributed by atoms with Crippen LogP contribution in [0.15, 0.2) is 22.4 Å². The maximum Gasteiger partial charge on any atom is 0.130 e. The normalized spacial score (nSPS) is 12.2. The van der Waals surface area contributed by atoms with Crippen LogP contribution in [0.3, 0.4) is 0 Å². The Morgan fingerprint density at radius 2 is 2.24 bits per heavy atom. The summed E-state index contributed by atoms with van der Waals surface area (Å²) in [4.78, 5) is 10.3. The summed E-state index contributed by atoms with van der Waals surface area (Å²) in [5.74, 6) is 0.323. The van der Waals surface area contributed by atoms with Crippen LogP contribution in [0.25, 0.3) is 5.70 Å². The molecule has 0 heterocycles. The summed E-state index contributed by atoms with van der Waals surface area (Å²) in [7, 11) is 0. The van der Waals surface area contributed by atoms with Crippen LogP contribution in [0.1, 0.15) is 11.1 Å². The molecule has 0 saturated heterocycles. The van der Waals surface area contributed by atoms with Gasteiger partial charge in [0.25, 0.3) is 0 Å². The smallest absolute Gasteiger partial charge is 0.130 e. The van der Waals surface area contributed by atoms with Crippen molar-refractivity contribution in [3.8, 4) is 0 Å². The molecule has 17 heavy (non-hydrogen) atoms. The largest absolute Gasteiger partial charge is 0.397 e. The van der Waals surface area contributed by atoms with Gasteiger partial charge in [-0.2, -0.15) is 0 Å². The number of hydrogen-bond acceptors (Lipinski definition) is 5. The number of carbonyl (C=O) groups is 1. The Morgan fingerprint density at radius 1 is 1.53 bits per heavy atom. The number of aryl methyl sites for hydroxylation is 1. The highest BCUT2D eigenvalue weighted by Gasteiger charge is 2.09. The van der Waals surface area contributed by atoms with Gasteiger partial charge in [0.15, 0.2) is 0 Å². The summed E-state index contributed by atoms with van der Waals surface area (Å²) in [6, 6.07) is 5.62. The monoisotopic (exact) mass is 288 g/mol. The van der Waals surface area contributed by atoms with E-state index in [9.17, 15) is 4.79 Å². The molecule has 1 aromatic rings. The van der Waals surface area contributed by atoms with Crippen LogP contribution in [0.2, 0.25) is 5.02 Å². The number of carbonyl (C=O) groups excluding carboxylic acids is 1. The van der Waals surface area contributed by atoms with Crippen molar-refractivity contribution < 1.29 is 4.79 Å². The molecule has 0 aliphatic carbocycles. The molecule has 0 atom stereocenters. The number of thioether (sulfide) groups is 1. The maximum absolute atomic E-state index is 10.3. The standard InChI is InChI=1S/C11H13ClN2OS2/c1-7-2-3-8(9(12)6-7)10(13)11(17-14)16-5-4-15/h2-4,6H,5,13-14H2,1H3/b11-10-. The summed E-state index contributed by atoms with van der Waals surface area (Å²) in [6.07, 6.45) is 0.810. The van der Waals surface area contributed by atoms with Gasteiger partial charge in [-0.05, 0) is 30.5 Å². The van der Waals surface area contributed by atoms with E-state index in [-0.39, 0.29) is 0 Å². The van der Waals surface area contributed by atoms with Gasteiger partial charge in [0.05, 0.1) is 20.7 Å². The number of rotatable bonds is 5. The summed E-state index contributed by atoms with van der Waals surface area (Å²) in [6.45, 7) is 1.95. The zero-order chi connectivity index (χ0) is 12.8. The van der Waals surface area contributed by atoms with E-state index in [1.54, 1.807) is 0 Å². The van der Waals surface area contributed by atoms with Gasteiger partial charge >= 0.3 is 0 Å². The van der Waals surface area contributed by atoms with Crippen LogP contribution in [0, 0.1) is 6.92 Å². The Labute approximate surface area is 114 Å². The van der Waals surface area contributed by atoms with Crippen molar-refractivity contribution in [1.29, 1.82) is 0 Å². The van der Waals surface area contributed by atoms with Crippen LogP contribution in [0.4, 0.5) is 0 Å². The molecule has 0 aromatic heterocycles. The Bertz CT molecular complexity index is 449. The van der Waals surface area contributed by atoms with Crippen molar-refractivity contribution >= 4 is 47.3 Å². The minimum Gasteiger partial charge on any atom is -0.397 e. The zero-order valence-corrected chi connectivity index (χ0v) is 11.7. The van der Waals surface area contributed by atoms with E-state index in [0.29, 0.717) is 20.7 Å². The molecule has 0 aliphatic heterocycles. The van der Waals surface area contributed by atoms with E-state index >= 15 is 0 Å². The first-order valence-corrected chi connectivity index (χ1v) is 7.04. The highest BCUT2D eigenvalue weighted by atomic mass is 35.5. The van der Waals surface area contributed by atoms with Gasteiger partial charge in [-0.1, -0.05) is 23.7 Å². The highest BCUT2D eigenvalue weighted by molar-refractivity contribution is 8.21. The summed E-state index contributed by atoms with van der Waals surface area (Å²) >= 11 is 8.45. The second-order valence-corrected chi connectivity index (χ2v) is 5.62. The number of halogens is 1. The maximum atomic E-state index is 10.3. The van der Waals surface area contributed by atoms with Gasteiger partial charge in [0.1, 0.15) is 6.29 Å². The lowest BCUT2D eigenvalue weighted by Gasteiger charge is -2.10. The van der Waals surface area contributed by atoms with Crippen LogP contribution >= 0.6 is 35.3 Å². The molecule has 92 valence electrons. The number of benzene rings is 1. The number of aldehydes is 1. The molecule has 6 heteroatoms. The lowest BCUT2D eigenvalue weighted by molar-refractivity contribution is -0.105. The quantitative estimate of drug-likeness (QED) is 0.644. The summed E-state index contributed by atoms with van der Waals surface area (Å²) in [5, 5.41) is 6.11. The average molecular weight is 289 g/mol. The van der Waals surface area contributed by atoms with Crippen molar-refractivity contribution in [1.82, 2.24) is 0 Å². The van der Waals surface area contributed by atoms with Crippen molar-refractivity contribution in [3.05, 3.63) is 38.6 Å². The molecule has 1 aromatic carbocycles. The van der Waals surface area contributed by atoms with Crippen LogP contribution in [0.5, 0.6) is 0 Å². The fourth-order valence-electron chi connectivity index (χ4n) is 1.23. The molecule has 0 unspecified atom stereocenters. The fraction of sp³-hybridized carbons (Fsp3) is 0.182. The van der Waals surface area contributed by atoms with E-state index in [1.807, 2.05) is 25.1 Å². The molecule has 0 aliphatic rings. The van der Waals surface area contributed by atoms with E-state index in [0.717, 1.165) is 29.4 Å². The van der Waals surface area contributed by atoms with Crippen LogP contribution < -0.4 is 10.9 Å². The second kappa shape index (κ2) is 6.96. The number of nitrogens with two attached hydrogens (primary N) is 2. The first-order chi connectivity index (χ1) is 8.10. The topological polar surface area (TPSA) is 69.1 Å². The van der Waals surface area contributed by atoms with E-state index in [1.165, 1.54) is 11.8 Å². The van der Waals surface area contributed by atoms with Crippen molar-refractivity contribution in [2.24, 2.45) is 10.9 Å². The Balaban J connectivity index is 3.10. The Hall–Kier alpha value is -0.620. The van der Waals surface area contributed by atoms with Gasteiger partial charge in [-0.3, -0.25) is 5.14 Å². The lowest BCUT2D eigenvalue weighted by atomic mass is 10.1. The van der Waals surface area contributed by atoms with Crippen LogP contribution in [-0.2, 0) is 4.79 Å². The molecule has 4 N–H and O–H groups in total. The Morgan fingerprint density at radius 3 is 2.76 bits per heavy atom. The van der Waals surface area contributed by atoms with E-state index in [2.05, 4.69) is 0 Å². The predicted octanol–water partition coefficient (Wildman–Crippen LogP) is 2.77. The van der Waals surface area contributed by atoms with Crippen molar-refractivity contribution in [2.45, 2.75) is 6.92 Å².